The van der Waals surface area contributed by atoms with Crippen molar-refractivity contribution in [2.75, 3.05) is 7.05 Å². The second-order valence-corrected chi connectivity index (χ2v) is 6.92. The van der Waals surface area contributed by atoms with Crippen LogP contribution in [0.5, 0.6) is 0 Å². The minimum atomic E-state index is -0.454. The molecule has 1 amide bonds. The summed E-state index contributed by atoms with van der Waals surface area (Å²) in [6.07, 6.45) is 8.88. The largest absolute Gasteiger partial charge is 0.368 e. The fourth-order valence-electron chi connectivity index (χ4n) is 3.62. The van der Waals surface area contributed by atoms with Gasteiger partial charge in [0.1, 0.15) is 0 Å². The molecule has 0 aliphatic heterocycles. The summed E-state index contributed by atoms with van der Waals surface area (Å²) in [5.74, 6) is -0.148. The SMILES string of the molecule is CCCC(C)N(C)C1CCCC(NC2CC2)(C(N)=O)C1. The number of hydrogen-bond donors (Lipinski definition) is 2. The molecule has 3 N–H and O–H groups in total. The van der Waals surface area contributed by atoms with E-state index in [-0.39, 0.29) is 5.91 Å². The summed E-state index contributed by atoms with van der Waals surface area (Å²) in [7, 11) is 2.21. The maximum absolute atomic E-state index is 12.0. The summed E-state index contributed by atoms with van der Waals surface area (Å²) in [6.45, 7) is 4.52. The van der Waals surface area contributed by atoms with Gasteiger partial charge in [0.15, 0.2) is 0 Å². The van der Waals surface area contributed by atoms with E-state index in [9.17, 15) is 4.79 Å². The van der Waals surface area contributed by atoms with Gasteiger partial charge in [-0.25, -0.2) is 0 Å². The first kappa shape index (κ1) is 15.8. The average Bonchev–Trinajstić information content (AvgIpc) is 3.22. The van der Waals surface area contributed by atoms with Crippen LogP contribution in [0.4, 0.5) is 0 Å². The van der Waals surface area contributed by atoms with Crippen LogP contribution in [0.3, 0.4) is 0 Å². The third kappa shape index (κ3) is 3.53. The van der Waals surface area contributed by atoms with E-state index in [0.29, 0.717) is 18.1 Å². The lowest BCUT2D eigenvalue weighted by Crippen LogP contribution is -2.61. The van der Waals surface area contributed by atoms with E-state index in [1.807, 2.05) is 0 Å². The Morgan fingerprint density at radius 1 is 1.45 bits per heavy atom. The van der Waals surface area contributed by atoms with Crippen molar-refractivity contribution in [2.45, 2.75) is 88.9 Å². The summed E-state index contributed by atoms with van der Waals surface area (Å²) in [6, 6.07) is 1.58. The second kappa shape index (κ2) is 6.44. The summed E-state index contributed by atoms with van der Waals surface area (Å²) >= 11 is 0. The predicted molar refractivity (Wildman–Crippen MR) is 82.5 cm³/mol. The molecule has 20 heavy (non-hydrogen) atoms. The molecule has 0 radical (unpaired) electrons. The molecule has 2 aliphatic carbocycles. The fourth-order valence-corrected chi connectivity index (χ4v) is 3.62. The zero-order chi connectivity index (χ0) is 14.8. The van der Waals surface area contributed by atoms with Gasteiger partial charge in [-0.1, -0.05) is 13.3 Å². The Bertz CT molecular complexity index is 343. The lowest BCUT2D eigenvalue weighted by atomic mass is 9.77. The molecule has 0 aromatic carbocycles. The van der Waals surface area contributed by atoms with Crippen LogP contribution in [0.2, 0.25) is 0 Å². The summed E-state index contributed by atoms with van der Waals surface area (Å²) in [5, 5.41) is 3.56. The Labute approximate surface area is 123 Å². The van der Waals surface area contributed by atoms with Crippen molar-refractivity contribution in [1.29, 1.82) is 0 Å². The average molecular weight is 281 g/mol. The normalized spacial score (nSPS) is 32.3. The topological polar surface area (TPSA) is 58.4 Å². The van der Waals surface area contributed by atoms with Crippen molar-refractivity contribution < 1.29 is 4.79 Å². The zero-order valence-electron chi connectivity index (χ0n) is 13.3. The van der Waals surface area contributed by atoms with E-state index in [2.05, 4.69) is 31.1 Å². The Morgan fingerprint density at radius 2 is 2.15 bits per heavy atom. The maximum Gasteiger partial charge on any atom is 0.237 e. The van der Waals surface area contributed by atoms with Crippen LogP contribution in [0.1, 0.15) is 65.2 Å². The smallest absolute Gasteiger partial charge is 0.237 e. The molecular weight excluding hydrogens is 250 g/mol. The van der Waals surface area contributed by atoms with E-state index in [0.717, 1.165) is 19.3 Å². The van der Waals surface area contributed by atoms with Crippen molar-refractivity contribution in [2.24, 2.45) is 5.73 Å². The molecule has 116 valence electrons. The van der Waals surface area contributed by atoms with Gasteiger partial charge in [-0.2, -0.15) is 0 Å². The highest BCUT2D eigenvalue weighted by molar-refractivity contribution is 5.85. The quantitative estimate of drug-likeness (QED) is 0.750. The first-order chi connectivity index (χ1) is 9.48. The van der Waals surface area contributed by atoms with Gasteiger partial charge in [-0.15, -0.1) is 0 Å². The summed E-state index contributed by atoms with van der Waals surface area (Å²) in [4.78, 5) is 14.5. The molecular formula is C16H31N3O. The van der Waals surface area contributed by atoms with Crippen molar-refractivity contribution >= 4 is 5.91 Å². The number of hydrogen-bond acceptors (Lipinski definition) is 3. The van der Waals surface area contributed by atoms with Crippen molar-refractivity contribution in [1.82, 2.24) is 10.2 Å². The molecule has 2 aliphatic rings. The van der Waals surface area contributed by atoms with Crippen LogP contribution in [0.15, 0.2) is 0 Å². The van der Waals surface area contributed by atoms with Gasteiger partial charge < -0.3 is 16.0 Å². The zero-order valence-corrected chi connectivity index (χ0v) is 13.3. The Kier molecular flexibility index (Phi) is 5.08. The number of nitrogens with two attached hydrogens (primary N) is 1. The Morgan fingerprint density at radius 3 is 2.70 bits per heavy atom. The van der Waals surface area contributed by atoms with Crippen LogP contribution in [0.25, 0.3) is 0 Å². The van der Waals surface area contributed by atoms with Crippen LogP contribution in [0, 0.1) is 0 Å². The molecule has 2 rings (SSSR count). The van der Waals surface area contributed by atoms with Crippen LogP contribution >= 0.6 is 0 Å². The third-order valence-corrected chi connectivity index (χ3v) is 5.23. The molecule has 2 fully saturated rings. The molecule has 0 spiro atoms. The van der Waals surface area contributed by atoms with Gasteiger partial charge in [0.25, 0.3) is 0 Å². The standard InChI is InChI=1S/C16H31N3O/c1-4-6-12(2)19(3)14-7-5-10-16(11-14,15(17)20)18-13-8-9-13/h12-14,18H,4-11H2,1-3H3,(H2,17,20). The van der Waals surface area contributed by atoms with E-state index >= 15 is 0 Å². The number of amides is 1. The minimum Gasteiger partial charge on any atom is -0.368 e. The van der Waals surface area contributed by atoms with Gasteiger partial charge in [-0.3, -0.25) is 4.79 Å². The number of rotatable bonds is 7. The van der Waals surface area contributed by atoms with Gasteiger partial charge in [0, 0.05) is 18.1 Å². The van der Waals surface area contributed by atoms with Crippen molar-refractivity contribution in [3.63, 3.8) is 0 Å². The monoisotopic (exact) mass is 281 g/mol. The molecule has 3 atom stereocenters. The Hall–Kier alpha value is -0.610. The molecule has 2 saturated carbocycles. The molecule has 0 heterocycles. The number of carbonyl (C=O) groups is 1. The first-order valence-electron chi connectivity index (χ1n) is 8.28. The van der Waals surface area contributed by atoms with Gasteiger partial charge in [-0.05, 0) is 58.9 Å². The number of carbonyl (C=O) groups excluding carboxylic acids is 1. The van der Waals surface area contributed by atoms with Crippen LogP contribution in [-0.4, -0.2) is 41.5 Å². The van der Waals surface area contributed by atoms with Crippen LogP contribution < -0.4 is 11.1 Å². The first-order valence-corrected chi connectivity index (χ1v) is 8.28. The highest BCUT2D eigenvalue weighted by Crippen LogP contribution is 2.35. The van der Waals surface area contributed by atoms with Crippen LogP contribution in [-0.2, 0) is 4.79 Å². The lowest BCUT2D eigenvalue weighted by molar-refractivity contribution is -0.127. The number of nitrogens with one attached hydrogen (secondary N) is 1. The lowest BCUT2D eigenvalue weighted by Gasteiger charge is -2.44. The molecule has 4 heteroatoms. The molecule has 0 saturated heterocycles. The molecule has 0 aromatic rings. The summed E-state index contributed by atoms with van der Waals surface area (Å²) in [5.41, 5.74) is 5.30. The highest BCUT2D eigenvalue weighted by Gasteiger charge is 2.45. The molecule has 0 bridgehead atoms. The molecule has 3 unspecified atom stereocenters. The number of primary amides is 1. The molecule has 0 aromatic heterocycles. The molecule has 4 nitrogen and oxygen atoms in total. The van der Waals surface area contributed by atoms with E-state index in [1.165, 1.54) is 32.1 Å². The van der Waals surface area contributed by atoms with E-state index in [1.54, 1.807) is 0 Å². The van der Waals surface area contributed by atoms with Gasteiger partial charge >= 0.3 is 0 Å². The maximum atomic E-state index is 12.0. The summed E-state index contributed by atoms with van der Waals surface area (Å²) < 4.78 is 0. The highest BCUT2D eigenvalue weighted by atomic mass is 16.1. The fraction of sp³-hybridized carbons (Fsp3) is 0.938. The van der Waals surface area contributed by atoms with Crippen molar-refractivity contribution in [3.8, 4) is 0 Å². The van der Waals surface area contributed by atoms with E-state index in [4.69, 9.17) is 5.73 Å². The van der Waals surface area contributed by atoms with Crippen molar-refractivity contribution in [3.05, 3.63) is 0 Å². The second-order valence-electron chi connectivity index (χ2n) is 6.92. The van der Waals surface area contributed by atoms with Gasteiger partial charge in [0.05, 0.1) is 5.54 Å². The number of nitrogens with zero attached hydrogens (tertiary/aromatic N) is 1. The van der Waals surface area contributed by atoms with Gasteiger partial charge in [0.2, 0.25) is 5.91 Å². The van der Waals surface area contributed by atoms with E-state index < -0.39 is 5.54 Å². The predicted octanol–water partition coefficient (Wildman–Crippen LogP) is 2.03. The minimum absolute atomic E-state index is 0.148. The Balaban J connectivity index is 2.02. The third-order valence-electron chi connectivity index (χ3n) is 5.23.